The molecule has 0 fully saturated rings. The van der Waals surface area contributed by atoms with Gasteiger partial charge in [0, 0.05) is 0 Å². The standard InChI is InChI=1S/C12H6.4C6H5.2Sb/c1-2-6-10-9(5-1)11-7-3-4-8-12(10)11;4*1-2-4-6-5-3-1;;/h1-5,7H;4*1-5H;;. The van der Waals surface area contributed by atoms with Crippen molar-refractivity contribution in [3.8, 4) is 0 Å². The Morgan fingerprint density at radius 2 is 0.553 bits per heavy atom. The first-order chi connectivity index (χ1) is 18.9. The Hall–Kier alpha value is -3.04. The minimum atomic E-state index is -2.25. The Morgan fingerprint density at radius 3 is 0.842 bits per heavy atom. The molecule has 0 unspecified atom stereocenters. The molecule has 0 amide bonds. The van der Waals surface area contributed by atoms with Crippen LogP contribution < -0.4 is 21.1 Å². The first kappa shape index (κ1) is 24.0. The van der Waals surface area contributed by atoms with Crippen LogP contribution in [0.5, 0.6) is 0 Å². The van der Waals surface area contributed by atoms with Gasteiger partial charge in [0.05, 0.1) is 0 Å². The van der Waals surface area contributed by atoms with E-state index in [4.69, 9.17) is 0 Å². The molecule has 6 aromatic rings. The summed E-state index contributed by atoms with van der Waals surface area (Å²) in [5.74, 6) is 0. The summed E-state index contributed by atoms with van der Waals surface area (Å²) in [6.07, 6.45) is 0. The zero-order valence-corrected chi connectivity index (χ0v) is 26.0. The fourth-order valence-electron chi connectivity index (χ4n) is 5.53. The van der Waals surface area contributed by atoms with Crippen molar-refractivity contribution in [2.75, 3.05) is 0 Å². The summed E-state index contributed by atoms with van der Waals surface area (Å²) in [6.45, 7) is 0. The Kier molecular flexibility index (Phi) is 6.71. The van der Waals surface area contributed by atoms with Crippen LogP contribution in [-0.2, 0) is 0 Å². The predicted molar refractivity (Wildman–Crippen MR) is 163 cm³/mol. The van der Waals surface area contributed by atoms with Crippen LogP contribution in [0.15, 0.2) is 158 Å². The molecule has 0 saturated heterocycles. The second-order valence-corrected chi connectivity index (χ2v) is 21.9. The van der Waals surface area contributed by atoms with Crippen LogP contribution in [0.4, 0.5) is 0 Å². The average molecular weight is 702 g/mol. The second-order valence-electron chi connectivity index (χ2n) is 9.41. The molecule has 0 saturated carbocycles. The Labute approximate surface area is 238 Å². The number of fused-ring (bicyclic) bond motifs is 2. The molecule has 1 aliphatic carbocycles. The summed E-state index contributed by atoms with van der Waals surface area (Å²) in [4.78, 5) is 0. The number of benzene rings is 6. The van der Waals surface area contributed by atoms with Crippen molar-refractivity contribution < 1.29 is 0 Å². The minimum absolute atomic E-state index is 1.43. The van der Waals surface area contributed by atoms with Crippen molar-refractivity contribution in [2.24, 2.45) is 0 Å². The van der Waals surface area contributed by atoms with E-state index < -0.39 is 40.4 Å². The molecule has 1 aliphatic rings. The Bertz CT molecular complexity index is 1680. The van der Waals surface area contributed by atoms with Gasteiger partial charge in [-0.15, -0.1) is 0 Å². The van der Waals surface area contributed by atoms with E-state index in [9.17, 15) is 0 Å². The average Bonchev–Trinajstić information content (AvgIpc) is 2.98. The molecule has 0 N–H and O–H groups in total. The molecule has 0 bridgehead atoms. The van der Waals surface area contributed by atoms with Crippen LogP contribution in [-0.4, -0.2) is 40.4 Å². The fourth-order valence-corrected chi connectivity index (χ4v) is 19.7. The van der Waals surface area contributed by atoms with Crippen molar-refractivity contribution in [3.05, 3.63) is 179 Å². The van der Waals surface area contributed by atoms with Gasteiger partial charge in [0.15, 0.2) is 0 Å². The summed E-state index contributed by atoms with van der Waals surface area (Å²) >= 11 is -4.51. The molecular weight excluding hydrogens is 676 g/mol. The quantitative estimate of drug-likeness (QED) is 0.233. The third-order valence-electron chi connectivity index (χ3n) is 7.16. The van der Waals surface area contributed by atoms with Gasteiger partial charge in [-0.05, 0) is 0 Å². The third kappa shape index (κ3) is 4.25. The van der Waals surface area contributed by atoms with Gasteiger partial charge in [-0.3, -0.25) is 0 Å². The molecule has 180 valence electrons. The molecule has 0 radical (unpaired) electrons. The molecule has 6 aromatic carbocycles. The van der Waals surface area contributed by atoms with Crippen LogP contribution in [0.3, 0.4) is 0 Å². The van der Waals surface area contributed by atoms with Gasteiger partial charge in [-0.25, -0.2) is 0 Å². The van der Waals surface area contributed by atoms with Crippen molar-refractivity contribution in [2.45, 2.75) is 0 Å². The van der Waals surface area contributed by atoms with Crippen LogP contribution in [0.1, 0.15) is 0 Å². The second kappa shape index (κ2) is 10.6. The zero-order chi connectivity index (χ0) is 25.3. The van der Waals surface area contributed by atoms with E-state index >= 15 is 0 Å². The van der Waals surface area contributed by atoms with Gasteiger partial charge >= 0.3 is 240 Å². The summed E-state index contributed by atoms with van der Waals surface area (Å²) in [5, 5.41) is 5.91. The summed E-state index contributed by atoms with van der Waals surface area (Å²) in [5.41, 5.74) is 0. The van der Waals surface area contributed by atoms with Gasteiger partial charge < -0.3 is 0 Å². The van der Waals surface area contributed by atoms with Crippen LogP contribution in [0.2, 0.25) is 0 Å². The molecule has 0 atom stereocenters. The van der Waals surface area contributed by atoms with Crippen LogP contribution in [0.25, 0.3) is 0 Å². The van der Waals surface area contributed by atoms with Gasteiger partial charge in [0.25, 0.3) is 0 Å². The normalized spacial score (nSPS) is 11.6. The monoisotopic (exact) mass is 700 g/mol. The SMILES string of the molecule is c1cc[c]([Sb]([c]2ccccc2)[c]2cccc3c2=c2[c]([Sb]([c]4ccccc4)[c]4ccccc4)cccc2=3)cc1. The van der Waals surface area contributed by atoms with Gasteiger partial charge in [0.1, 0.15) is 0 Å². The Balaban J connectivity index is 1.55. The topological polar surface area (TPSA) is 0 Å². The van der Waals surface area contributed by atoms with E-state index in [2.05, 4.69) is 158 Å². The Morgan fingerprint density at radius 1 is 0.263 bits per heavy atom. The molecule has 0 aromatic heterocycles. The first-order valence-electron chi connectivity index (χ1n) is 13.0. The summed E-state index contributed by atoms with van der Waals surface area (Å²) in [7, 11) is 0. The third-order valence-corrected chi connectivity index (χ3v) is 21.3. The molecule has 0 heterocycles. The van der Waals surface area contributed by atoms with E-state index in [1.165, 1.54) is 34.9 Å². The van der Waals surface area contributed by atoms with Gasteiger partial charge in [0.2, 0.25) is 0 Å². The fraction of sp³-hybridized carbons (Fsp3) is 0. The van der Waals surface area contributed by atoms with Gasteiger partial charge in [-0.1, -0.05) is 0 Å². The van der Waals surface area contributed by atoms with Crippen LogP contribution in [0, 0.1) is 20.9 Å². The molecule has 38 heavy (non-hydrogen) atoms. The molecular formula is C36H26Sb2. The molecule has 2 heteroatoms. The van der Waals surface area contributed by atoms with E-state index in [0.29, 0.717) is 0 Å². The van der Waals surface area contributed by atoms with E-state index in [0.717, 1.165) is 0 Å². The maximum atomic E-state index is 2.44. The van der Waals surface area contributed by atoms with Crippen molar-refractivity contribution in [1.29, 1.82) is 0 Å². The maximum absolute atomic E-state index is 2.44. The molecule has 0 nitrogen and oxygen atoms in total. The number of rotatable bonds is 6. The van der Waals surface area contributed by atoms with Crippen molar-refractivity contribution in [1.82, 2.24) is 0 Å². The molecule has 7 rings (SSSR count). The van der Waals surface area contributed by atoms with E-state index in [1.54, 1.807) is 7.02 Å². The van der Waals surface area contributed by atoms with E-state index in [-0.39, 0.29) is 0 Å². The molecule has 0 spiro atoms. The first-order valence-corrected chi connectivity index (χ1v) is 20.6. The predicted octanol–water partition coefficient (Wildman–Crippen LogP) is 3.61. The summed E-state index contributed by atoms with van der Waals surface area (Å²) in [6, 6.07) is 59.2. The summed E-state index contributed by atoms with van der Waals surface area (Å²) < 4.78 is 9.25. The van der Waals surface area contributed by atoms with Gasteiger partial charge in [-0.2, -0.15) is 0 Å². The van der Waals surface area contributed by atoms with Crippen molar-refractivity contribution in [3.63, 3.8) is 0 Å². The zero-order valence-electron chi connectivity index (χ0n) is 20.9. The van der Waals surface area contributed by atoms with E-state index in [1.807, 2.05) is 0 Å². The van der Waals surface area contributed by atoms with Crippen LogP contribution >= 0.6 is 0 Å². The van der Waals surface area contributed by atoms with Crippen molar-refractivity contribution >= 4 is 61.5 Å². The number of hydrogen-bond donors (Lipinski definition) is 0. The molecule has 0 aliphatic heterocycles. The number of hydrogen-bond acceptors (Lipinski definition) is 0.